The molecule has 100 valence electrons. The van der Waals surface area contributed by atoms with Crippen molar-refractivity contribution in [3.8, 4) is 0 Å². The topological polar surface area (TPSA) is 56.7 Å². The number of hydrogen-bond acceptors (Lipinski definition) is 3. The van der Waals surface area contributed by atoms with Gasteiger partial charge in [0.1, 0.15) is 0 Å². The molecule has 3 rings (SSSR count). The first-order chi connectivity index (χ1) is 9.15. The summed E-state index contributed by atoms with van der Waals surface area (Å²) in [6, 6.07) is 10.5. The predicted molar refractivity (Wildman–Crippen MR) is 77.6 cm³/mol. The largest absolute Gasteiger partial charge is 0.322 e. The quantitative estimate of drug-likeness (QED) is 0.946. The number of halogens is 1. The average molecular weight is 321 g/mol. The molecule has 1 saturated carbocycles. The van der Waals surface area contributed by atoms with Crippen molar-refractivity contribution in [3.63, 3.8) is 0 Å². The molecule has 1 fully saturated rings. The number of aryl methyl sites for hydroxylation is 1. The second-order valence-electron chi connectivity index (χ2n) is 5.24. The van der Waals surface area contributed by atoms with E-state index in [0.717, 1.165) is 23.1 Å². The summed E-state index contributed by atoms with van der Waals surface area (Å²) in [5.74, 6) is 0. The maximum Gasteiger partial charge on any atom is 0.153 e. The van der Waals surface area contributed by atoms with Crippen LogP contribution < -0.4 is 5.73 Å². The van der Waals surface area contributed by atoms with Crippen LogP contribution in [-0.4, -0.2) is 15.0 Å². The van der Waals surface area contributed by atoms with Gasteiger partial charge in [-0.25, -0.2) is 4.68 Å². The number of benzene rings is 1. The zero-order chi connectivity index (χ0) is 13.5. The van der Waals surface area contributed by atoms with Crippen molar-refractivity contribution < 1.29 is 0 Å². The molecule has 0 bridgehead atoms. The highest BCUT2D eigenvalue weighted by molar-refractivity contribution is 9.10. The summed E-state index contributed by atoms with van der Waals surface area (Å²) in [6.07, 6.45) is 3.47. The van der Waals surface area contributed by atoms with Crippen LogP contribution in [0.1, 0.15) is 36.6 Å². The molecular weight excluding hydrogens is 304 g/mol. The molecule has 2 N–H and O–H groups in total. The van der Waals surface area contributed by atoms with Gasteiger partial charge in [-0.15, -0.1) is 5.10 Å². The first kappa shape index (κ1) is 12.8. The molecule has 0 radical (unpaired) electrons. The van der Waals surface area contributed by atoms with Gasteiger partial charge in [-0.05, 0) is 34.3 Å². The van der Waals surface area contributed by atoms with Crippen molar-refractivity contribution in [2.24, 2.45) is 12.8 Å². The fraction of sp³-hybridized carbons (Fsp3) is 0.429. The standard InChI is InChI=1S/C14H17BrN4/c1-19-11(13(15)17-18-19)12(16)14(8-5-9-14)10-6-3-2-4-7-10/h2-4,6-7,12H,5,8-9,16H2,1H3. The van der Waals surface area contributed by atoms with Gasteiger partial charge in [-0.3, -0.25) is 0 Å². The minimum atomic E-state index is -0.0852. The Bertz CT molecular complexity index is 555. The second kappa shape index (κ2) is 4.72. The van der Waals surface area contributed by atoms with Gasteiger partial charge in [0.15, 0.2) is 4.60 Å². The van der Waals surface area contributed by atoms with E-state index in [1.807, 2.05) is 13.1 Å². The molecule has 1 aromatic carbocycles. The Morgan fingerprint density at radius 1 is 1.32 bits per heavy atom. The SMILES string of the molecule is Cn1nnc(Br)c1C(N)C1(c2ccccc2)CCC1. The van der Waals surface area contributed by atoms with E-state index in [2.05, 4.69) is 50.5 Å². The van der Waals surface area contributed by atoms with Crippen LogP contribution in [0.25, 0.3) is 0 Å². The Hall–Kier alpha value is -1.20. The molecule has 0 spiro atoms. The Labute approximate surface area is 121 Å². The molecule has 1 atom stereocenters. The van der Waals surface area contributed by atoms with Crippen molar-refractivity contribution in [3.05, 3.63) is 46.2 Å². The fourth-order valence-electron chi connectivity index (χ4n) is 3.04. The molecule has 0 amide bonds. The maximum absolute atomic E-state index is 6.58. The van der Waals surface area contributed by atoms with Gasteiger partial charge in [0.05, 0.1) is 11.7 Å². The second-order valence-corrected chi connectivity index (χ2v) is 5.99. The molecular formula is C14H17BrN4. The molecule has 19 heavy (non-hydrogen) atoms. The number of rotatable bonds is 3. The van der Waals surface area contributed by atoms with Crippen molar-refractivity contribution in [1.82, 2.24) is 15.0 Å². The minimum absolute atomic E-state index is 0.0270. The van der Waals surface area contributed by atoms with Gasteiger partial charge in [0, 0.05) is 12.5 Å². The summed E-state index contributed by atoms with van der Waals surface area (Å²) >= 11 is 3.46. The zero-order valence-electron chi connectivity index (χ0n) is 10.9. The molecule has 1 unspecified atom stereocenters. The van der Waals surface area contributed by atoms with Crippen LogP contribution in [0.4, 0.5) is 0 Å². The molecule has 1 aliphatic rings. The fourth-order valence-corrected chi connectivity index (χ4v) is 3.61. The number of hydrogen-bond donors (Lipinski definition) is 1. The highest BCUT2D eigenvalue weighted by atomic mass is 79.9. The summed E-state index contributed by atoms with van der Waals surface area (Å²) in [5, 5.41) is 8.10. The summed E-state index contributed by atoms with van der Waals surface area (Å²) in [4.78, 5) is 0. The van der Waals surface area contributed by atoms with Gasteiger partial charge in [-0.2, -0.15) is 0 Å². The van der Waals surface area contributed by atoms with E-state index in [1.54, 1.807) is 4.68 Å². The summed E-state index contributed by atoms with van der Waals surface area (Å²) in [7, 11) is 1.89. The van der Waals surface area contributed by atoms with E-state index < -0.39 is 0 Å². The molecule has 2 aromatic rings. The Morgan fingerprint density at radius 2 is 2.00 bits per heavy atom. The van der Waals surface area contributed by atoms with E-state index >= 15 is 0 Å². The molecule has 5 heteroatoms. The number of nitrogens with zero attached hydrogens (tertiary/aromatic N) is 3. The van der Waals surface area contributed by atoms with Crippen LogP contribution in [-0.2, 0) is 12.5 Å². The lowest BCUT2D eigenvalue weighted by molar-refractivity contribution is 0.190. The minimum Gasteiger partial charge on any atom is -0.322 e. The lowest BCUT2D eigenvalue weighted by Crippen LogP contribution is -2.45. The van der Waals surface area contributed by atoms with Crippen LogP contribution >= 0.6 is 15.9 Å². The van der Waals surface area contributed by atoms with E-state index in [-0.39, 0.29) is 11.5 Å². The van der Waals surface area contributed by atoms with Crippen LogP contribution in [0.2, 0.25) is 0 Å². The van der Waals surface area contributed by atoms with E-state index in [1.165, 1.54) is 12.0 Å². The normalized spacial score (nSPS) is 18.9. The zero-order valence-corrected chi connectivity index (χ0v) is 12.5. The summed E-state index contributed by atoms with van der Waals surface area (Å²) in [6.45, 7) is 0. The van der Waals surface area contributed by atoms with Gasteiger partial charge < -0.3 is 5.73 Å². The Balaban J connectivity index is 2.04. The Kier molecular flexibility index (Phi) is 3.19. The third-order valence-electron chi connectivity index (χ3n) is 4.31. The van der Waals surface area contributed by atoms with Crippen LogP contribution in [0.3, 0.4) is 0 Å². The average Bonchev–Trinajstić information content (AvgIpc) is 2.69. The summed E-state index contributed by atoms with van der Waals surface area (Å²) in [5.41, 5.74) is 8.91. The molecule has 0 aliphatic heterocycles. The van der Waals surface area contributed by atoms with Crippen molar-refractivity contribution in [2.45, 2.75) is 30.7 Å². The van der Waals surface area contributed by atoms with Crippen molar-refractivity contribution in [1.29, 1.82) is 0 Å². The number of nitrogens with two attached hydrogens (primary N) is 1. The van der Waals surface area contributed by atoms with Crippen LogP contribution in [0.15, 0.2) is 34.9 Å². The lowest BCUT2D eigenvalue weighted by atomic mass is 9.59. The van der Waals surface area contributed by atoms with Gasteiger partial charge in [0.25, 0.3) is 0 Å². The highest BCUT2D eigenvalue weighted by Crippen LogP contribution is 2.51. The maximum atomic E-state index is 6.58. The molecule has 1 heterocycles. The van der Waals surface area contributed by atoms with Crippen molar-refractivity contribution >= 4 is 15.9 Å². The monoisotopic (exact) mass is 320 g/mol. The smallest absolute Gasteiger partial charge is 0.153 e. The van der Waals surface area contributed by atoms with Gasteiger partial charge >= 0.3 is 0 Å². The van der Waals surface area contributed by atoms with Gasteiger partial charge in [-0.1, -0.05) is 42.0 Å². The van der Waals surface area contributed by atoms with Crippen LogP contribution in [0.5, 0.6) is 0 Å². The third kappa shape index (κ3) is 1.92. The molecule has 0 saturated heterocycles. The predicted octanol–water partition coefficient (Wildman–Crippen LogP) is 2.70. The van der Waals surface area contributed by atoms with Crippen molar-refractivity contribution in [2.75, 3.05) is 0 Å². The Morgan fingerprint density at radius 3 is 2.47 bits per heavy atom. The summed E-state index contributed by atoms with van der Waals surface area (Å²) < 4.78 is 2.53. The van der Waals surface area contributed by atoms with Crippen LogP contribution in [0, 0.1) is 0 Å². The first-order valence-electron chi connectivity index (χ1n) is 6.51. The molecule has 1 aliphatic carbocycles. The van der Waals surface area contributed by atoms with E-state index in [9.17, 15) is 0 Å². The van der Waals surface area contributed by atoms with E-state index in [4.69, 9.17) is 5.73 Å². The third-order valence-corrected chi connectivity index (χ3v) is 4.88. The lowest BCUT2D eigenvalue weighted by Gasteiger charge is -2.46. The molecule has 4 nitrogen and oxygen atoms in total. The van der Waals surface area contributed by atoms with E-state index in [0.29, 0.717) is 0 Å². The number of aromatic nitrogens is 3. The van der Waals surface area contributed by atoms with Gasteiger partial charge in [0.2, 0.25) is 0 Å². The molecule has 1 aromatic heterocycles. The highest BCUT2D eigenvalue weighted by Gasteiger charge is 2.46. The first-order valence-corrected chi connectivity index (χ1v) is 7.30.